The lowest BCUT2D eigenvalue weighted by molar-refractivity contribution is 0.0634. The Bertz CT molecular complexity index is 892. The third-order valence-corrected chi connectivity index (χ3v) is 5.22. The molecule has 2 aromatic carbocycles. The van der Waals surface area contributed by atoms with Crippen LogP contribution in [0.25, 0.3) is 0 Å². The van der Waals surface area contributed by atoms with Crippen LogP contribution in [0.5, 0.6) is 17.2 Å². The molecule has 6 heteroatoms. The van der Waals surface area contributed by atoms with Crippen LogP contribution in [0.4, 0.5) is 0 Å². The minimum Gasteiger partial charge on any atom is -0.507 e. The SMILES string of the molecule is COc1ccc(C(=O)[C@@H]2CCCN(C(=O)c3cccc(C)c3O)C2)cc1OC. The van der Waals surface area contributed by atoms with Gasteiger partial charge in [-0.1, -0.05) is 12.1 Å². The van der Waals surface area contributed by atoms with E-state index >= 15 is 0 Å². The first-order chi connectivity index (χ1) is 13.5. The van der Waals surface area contributed by atoms with Crippen molar-refractivity contribution in [3.63, 3.8) is 0 Å². The van der Waals surface area contributed by atoms with Gasteiger partial charge >= 0.3 is 0 Å². The van der Waals surface area contributed by atoms with E-state index in [1.807, 2.05) is 0 Å². The van der Waals surface area contributed by atoms with Crippen molar-refractivity contribution in [2.45, 2.75) is 19.8 Å². The molecule has 1 saturated heterocycles. The standard InChI is InChI=1S/C22H25NO5/c1-14-6-4-8-17(20(14)24)22(26)23-11-5-7-16(13-23)21(25)15-9-10-18(27-2)19(12-15)28-3/h4,6,8-10,12,16,24H,5,7,11,13H2,1-3H3/t16-/m1/s1. The number of amides is 1. The first-order valence-corrected chi connectivity index (χ1v) is 9.30. The topological polar surface area (TPSA) is 76.1 Å². The summed E-state index contributed by atoms with van der Waals surface area (Å²) in [5, 5.41) is 10.2. The average Bonchev–Trinajstić information content (AvgIpc) is 2.74. The lowest BCUT2D eigenvalue weighted by Gasteiger charge is -2.32. The summed E-state index contributed by atoms with van der Waals surface area (Å²) < 4.78 is 10.5. The van der Waals surface area contributed by atoms with Crippen LogP contribution in [0.2, 0.25) is 0 Å². The molecular formula is C22H25NO5. The molecule has 1 aliphatic rings. The molecule has 1 fully saturated rings. The second-order valence-corrected chi connectivity index (χ2v) is 7.00. The number of phenolic OH excluding ortho intramolecular Hbond substituents is 1. The molecule has 1 N–H and O–H groups in total. The largest absolute Gasteiger partial charge is 0.507 e. The number of para-hydroxylation sites is 1. The van der Waals surface area contributed by atoms with Gasteiger partial charge in [-0.05, 0) is 49.6 Å². The molecule has 6 nitrogen and oxygen atoms in total. The van der Waals surface area contributed by atoms with Crippen molar-refractivity contribution in [1.82, 2.24) is 4.90 Å². The Morgan fingerprint density at radius 2 is 1.86 bits per heavy atom. The van der Waals surface area contributed by atoms with E-state index in [1.165, 1.54) is 7.11 Å². The lowest BCUT2D eigenvalue weighted by atomic mass is 9.89. The molecule has 1 heterocycles. The minimum absolute atomic E-state index is 0.000778. The quantitative estimate of drug-likeness (QED) is 0.801. The second kappa shape index (κ2) is 8.33. The monoisotopic (exact) mass is 383 g/mol. The number of ether oxygens (including phenoxy) is 2. The smallest absolute Gasteiger partial charge is 0.257 e. The number of phenols is 1. The molecule has 0 aliphatic carbocycles. The van der Waals surface area contributed by atoms with Crippen LogP contribution in [0.15, 0.2) is 36.4 Å². The second-order valence-electron chi connectivity index (χ2n) is 7.00. The lowest BCUT2D eigenvalue weighted by Crippen LogP contribution is -2.42. The summed E-state index contributed by atoms with van der Waals surface area (Å²) in [5.74, 6) is 0.512. The van der Waals surface area contributed by atoms with E-state index in [1.54, 1.807) is 55.3 Å². The fourth-order valence-electron chi connectivity index (χ4n) is 3.60. The molecule has 1 aliphatic heterocycles. The Balaban J connectivity index is 1.78. The van der Waals surface area contributed by atoms with Gasteiger partial charge in [-0.2, -0.15) is 0 Å². The molecular weight excluding hydrogens is 358 g/mol. The third-order valence-electron chi connectivity index (χ3n) is 5.22. The zero-order chi connectivity index (χ0) is 20.3. The third kappa shape index (κ3) is 3.81. The maximum atomic E-state index is 13.0. The molecule has 0 saturated carbocycles. The predicted molar refractivity (Wildman–Crippen MR) is 105 cm³/mol. The fourth-order valence-corrected chi connectivity index (χ4v) is 3.60. The van der Waals surface area contributed by atoms with E-state index in [0.717, 1.165) is 12.8 Å². The minimum atomic E-state index is -0.289. The summed E-state index contributed by atoms with van der Waals surface area (Å²) in [4.78, 5) is 27.5. The van der Waals surface area contributed by atoms with Gasteiger partial charge < -0.3 is 19.5 Å². The predicted octanol–water partition coefficient (Wildman–Crippen LogP) is 3.45. The normalized spacial score (nSPS) is 16.5. The summed E-state index contributed by atoms with van der Waals surface area (Å²) in [6.45, 7) is 2.66. The molecule has 1 atom stereocenters. The Morgan fingerprint density at radius 3 is 2.57 bits per heavy atom. The van der Waals surface area contributed by atoms with Gasteiger partial charge in [0.25, 0.3) is 5.91 Å². The van der Waals surface area contributed by atoms with Gasteiger partial charge in [0.1, 0.15) is 5.75 Å². The van der Waals surface area contributed by atoms with Crippen LogP contribution in [0, 0.1) is 12.8 Å². The fraction of sp³-hybridized carbons (Fsp3) is 0.364. The molecule has 0 unspecified atom stereocenters. The van der Waals surface area contributed by atoms with Crippen LogP contribution < -0.4 is 9.47 Å². The van der Waals surface area contributed by atoms with Crippen molar-refractivity contribution >= 4 is 11.7 Å². The van der Waals surface area contributed by atoms with Crippen LogP contribution in [0.3, 0.4) is 0 Å². The number of methoxy groups -OCH3 is 2. The zero-order valence-electron chi connectivity index (χ0n) is 16.4. The Morgan fingerprint density at radius 1 is 1.11 bits per heavy atom. The van der Waals surface area contributed by atoms with Crippen LogP contribution in [0.1, 0.15) is 39.1 Å². The number of nitrogens with zero attached hydrogens (tertiary/aromatic N) is 1. The number of likely N-dealkylation sites (tertiary alicyclic amines) is 1. The molecule has 0 radical (unpaired) electrons. The number of ketones is 1. The van der Waals surface area contributed by atoms with E-state index in [2.05, 4.69) is 0 Å². The van der Waals surface area contributed by atoms with E-state index in [0.29, 0.717) is 35.7 Å². The zero-order valence-corrected chi connectivity index (χ0v) is 16.4. The molecule has 28 heavy (non-hydrogen) atoms. The number of hydrogen-bond acceptors (Lipinski definition) is 5. The summed E-state index contributed by atoms with van der Waals surface area (Å²) in [6.07, 6.45) is 1.46. The van der Waals surface area contributed by atoms with Crippen molar-refractivity contribution in [3.05, 3.63) is 53.1 Å². The molecule has 0 bridgehead atoms. The molecule has 1 amide bonds. The number of benzene rings is 2. The Hall–Kier alpha value is -3.02. The van der Waals surface area contributed by atoms with Gasteiger partial charge in [0.15, 0.2) is 17.3 Å². The number of piperidine rings is 1. The maximum absolute atomic E-state index is 13.0. The van der Waals surface area contributed by atoms with Crippen LogP contribution in [-0.4, -0.2) is 49.0 Å². The van der Waals surface area contributed by atoms with Gasteiger partial charge in [-0.3, -0.25) is 9.59 Å². The molecule has 148 valence electrons. The molecule has 3 rings (SSSR count). The highest BCUT2D eigenvalue weighted by Gasteiger charge is 2.31. The number of aromatic hydroxyl groups is 1. The van der Waals surface area contributed by atoms with E-state index < -0.39 is 0 Å². The van der Waals surface area contributed by atoms with E-state index in [4.69, 9.17) is 9.47 Å². The average molecular weight is 383 g/mol. The first kappa shape index (κ1) is 19.7. The number of hydrogen-bond donors (Lipinski definition) is 1. The summed E-state index contributed by atoms with van der Waals surface area (Å²) in [6, 6.07) is 10.2. The Labute approximate surface area is 164 Å². The van der Waals surface area contributed by atoms with Gasteiger partial charge in [-0.15, -0.1) is 0 Å². The maximum Gasteiger partial charge on any atom is 0.257 e. The van der Waals surface area contributed by atoms with E-state index in [9.17, 15) is 14.7 Å². The van der Waals surface area contributed by atoms with Crippen LogP contribution in [-0.2, 0) is 0 Å². The highest BCUT2D eigenvalue weighted by molar-refractivity contribution is 6.00. The number of aryl methyl sites for hydroxylation is 1. The number of Topliss-reactive ketones (excluding diaryl/α,β-unsaturated/α-hetero) is 1. The molecule has 0 aromatic heterocycles. The number of carbonyl (C=O) groups excluding carboxylic acids is 2. The van der Waals surface area contributed by atoms with Gasteiger partial charge in [-0.25, -0.2) is 0 Å². The van der Waals surface area contributed by atoms with Gasteiger partial charge in [0.2, 0.25) is 0 Å². The molecule has 2 aromatic rings. The van der Waals surface area contributed by atoms with Crippen molar-refractivity contribution in [3.8, 4) is 17.2 Å². The van der Waals surface area contributed by atoms with Gasteiger partial charge in [0, 0.05) is 24.6 Å². The highest BCUT2D eigenvalue weighted by Crippen LogP contribution is 2.31. The molecule has 0 spiro atoms. The van der Waals surface area contributed by atoms with Crippen molar-refractivity contribution in [2.24, 2.45) is 5.92 Å². The van der Waals surface area contributed by atoms with Gasteiger partial charge in [0.05, 0.1) is 19.8 Å². The summed E-state index contributed by atoms with van der Waals surface area (Å²) in [7, 11) is 3.08. The van der Waals surface area contributed by atoms with Crippen molar-refractivity contribution in [2.75, 3.05) is 27.3 Å². The summed E-state index contributed by atoms with van der Waals surface area (Å²) >= 11 is 0. The number of rotatable bonds is 5. The van der Waals surface area contributed by atoms with Crippen molar-refractivity contribution < 1.29 is 24.2 Å². The Kier molecular flexibility index (Phi) is 5.87. The highest BCUT2D eigenvalue weighted by atomic mass is 16.5. The summed E-state index contributed by atoms with van der Waals surface area (Å²) in [5.41, 5.74) is 1.47. The van der Waals surface area contributed by atoms with E-state index in [-0.39, 0.29) is 28.9 Å². The first-order valence-electron chi connectivity index (χ1n) is 9.30. The number of carbonyl (C=O) groups is 2. The van der Waals surface area contributed by atoms with Crippen molar-refractivity contribution in [1.29, 1.82) is 0 Å². The van der Waals surface area contributed by atoms with Crippen LogP contribution >= 0.6 is 0 Å².